The molecule has 0 bridgehead atoms. The third-order valence-electron chi connectivity index (χ3n) is 10.6. The van der Waals surface area contributed by atoms with E-state index in [4.69, 9.17) is 23.8 Å². The molecule has 18 heteroatoms. The summed E-state index contributed by atoms with van der Waals surface area (Å²) < 4.78 is 47.8. The number of phosphoric acid groups is 2. The number of hydrogen-bond acceptors (Lipinski definition) is 13. The third kappa shape index (κ3) is 33.2. The molecule has 64 heavy (non-hydrogen) atoms. The summed E-state index contributed by atoms with van der Waals surface area (Å²) in [6.07, 6.45) is 30.3. The fourth-order valence-corrected chi connectivity index (χ4v) is 8.04. The van der Waals surface area contributed by atoms with E-state index in [1.54, 1.807) is 12.2 Å². The highest BCUT2D eigenvalue weighted by Crippen LogP contribution is 2.44. The van der Waals surface area contributed by atoms with E-state index in [9.17, 15) is 43.7 Å². The molecule has 0 saturated heterocycles. The van der Waals surface area contributed by atoms with Gasteiger partial charge >= 0.3 is 27.6 Å². The number of carbonyl (C=O) groups excluding carboxylic acids is 3. The van der Waals surface area contributed by atoms with E-state index >= 15 is 0 Å². The van der Waals surface area contributed by atoms with Crippen molar-refractivity contribution >= 4 is 33.4 Å². The first-order valence-corrected chi connectivity index (χ1v) is 26.5. The number of ketones is 1. The molecule has 0 heterocycles. The monoisotopic (exact) mass is 950 g/mol. The van der Waals surface area contributed by atoms with Crippen molar-refractivity contribution in [2.45, 2.75) is 186 Å². The van der Waals surface area contributed by atoms with Crippen LogP contribution in [-0.2, 0) is 46.6 Å². The molecule has 370 valence electrons. The van der Waals surface area contributed by atoms with Crippen LogP contribution >= 0.6 is 15.6 Å². The van der Waals surface area contributed by atoms with E-state index in [1.807, 2.05) is 12.2 Å². The summed E-state index contributed by atoms with van der Waals surface area (Å²) in [6, 6.07) is 0. The van der Waals surface area contributed by atoms with E-state index in [0.29, 0.717) is 32.1 Å². The first kappa shape index (κ1) is 59.7. The molecule has 7 atom stereocenters. The van der Waals surface area contributed by atoms with Gasteiger partial charge in [0.15, 0.2) is 6.10 Å². The summed E-state index contributed by atoms with van der Waals surface area (Å²) in [4.78, 5) is 65.5. The SMILES string of the molecule is CCCCC/C=C\C/C=C\CCCCCCCCCC(=O)OC[C@H](COP(=O)(O)OC[C@@H](O)COP(=O)(O)O)OC(=O)CCC/C=C\C[C@H]1[C@@H](O)CC(=O)[C@@H]1/C=C/[C@@H](O)CCCCC. The molecule has 0 aromatic carbocycles. The number of aliphatic hydroxyl groups is 3. The Morgan fingerprint density at radius 2 is 1.25 bits per heavy atom. The Balaban J connectivity index is 2.55. The first-order chi connectivity index (χ1) is 30.6. The Hall–Kier alpha value is -2.33. The van der Waals surface area contributed by atoms with Crippen LogP contribution in [0.3, 0.4) is 0 Å². The van der Waals surface area contributed by atoms with Gasteiger partial charge in [-0.1, -0.05) is 127 Å². The highest BCUT2D eigenvalue weighted by molar-refractivity contribution is 7.47. The van der Waals surface area contributed by atoms with Crippen LogP contribution in [0.1, 0.15) is 162 Å². The lowest BCUT2D eigenvalue weighted by molar-refractivity contribution is -0.161. The lowest BCUT2D eigenvalue weighted by atomic mass is 9.90. The van der Waals surface area contributed by atoms with Crippen molar-refractivity contribution in [2.24, 2.45) is 11.8 Å². The van der Waals surface area contributed by atoms with Crippen molar-refractivity contribution in [1.29, 1.82) is 0 Å². The number of phosphoric ester groups is 2. The molecule has 1 rings (SSSR count). The second-order valence-electron chi connectivity index (χ2n) is 16.5. The van der Waals surface area contributed by atoms with Crippen molar-refractivity contribution in [2.75, 3.05) is 26.4 Å². The molecule has 0 aromatic heterocycles. The van der Waals surface area contributed by atoms with E-state index in [0.717, 1.165) is 77.0 Å². The summed E-state index contributed by atoms with van der Waals surface area (Å²) in [5, 5.41) is 30.5. The van der Waals surface area contributed by atoms with Crippen LogP contribution in [0.4, 0.5) is 0 Å². The van der Waals surface area contributed by atoms with Gasteiger partial charge in [0.05, 0.1) is 32.0 Å². The molecular formula is C46H80O16P2. The number of ether oxygens (including phenoxy) is 2. The Morgan fingerprint density at radius 3 is 1.92 bits per heavy atom. The number of Topliss-reactive ketones (excluding diaryl/α,β-unsaturated/α-hetero) is 1. The maximum atomic E-state index is 12.8. The largest absolute Gasteiger partial charge is 0.472 e. The van der Waals surface area contributed by atoms with Gasteiger partial charge in [-0.25, -0.2) is 9.13 Å². The molecule has 0 amide bonds. The Bertz CT molecular complexity index is 1480. The third-order valence-corrected chi connectivity index (χ3v) is 12.0. The Morgan fingerprint density at radius 1 is 0.688 bits per heavy atom. The smallest absolute Gasteiger partial charge is 0.462 e. The average Bonchev–Trinajstić information content (AvgIpc) is 3.51. The minimum Gasteiger partial charge on any atom is -0.462 e. The van der Waals surface area contributed by atoms with Crippen LogP contribution in [0.2, 0.25) is 0 Å². The van der Waals surface area contributed by atoms with Gasteiger partial charge in [-0.05, 0) is 64.2 Å². The van der Waals surface area contributed by atoms with E-state index in [1.165, 1.54) is 19.3 Å². The second-order valence-corrected chi connectivity index (χ2v) is 19.2. The first-order valence-electron chi connectivity index (χ1n) is 23.4. The maximum absolute atomic E-state index is 12.8. The number of esters is 2. The summed E-state index contributed by atoms with van der Waals surface area (Å²) in [5.74, 6) is -2.13. The van der Waals surface area contributed by atoms with Crippen molar-refractivity contribution in [3.05, 3.63) is 48.6 Å². The summed E-state index contributed by atoms with van der Waals surface area (Å²) in [6.45, 7) is 1.32. The molecular weight excluding hydrogens is 870 g/mol. The topological polar surface area (TPSA) is 253 Å². The minimum absolute atomic E-state index is 0.0520. The molecule has 0 aliphatic heterocycles. The van der Waals surface area contributed by atoms with E-state index in [-0.39, 0.29) is 31.0 Å². The molecule has 16 nitrogen and oxygen atoms in total. The predicted molar refractivity (Wildman–Crippen MR) is 245 cm³/mol. The lowest BCUT2D eigenvalue weighted by Crippen LogP contribution is -2.29. The van der Waals surface area contributed by atoms with Crippen LogP contribution in [0.15, 0.2) is 48.6 Å². The van der Waals surface area contributed by atoms with Crippen molar-refractivity contribution in [1.82, 2.24) is 0 Å². The highest BCUT2D eigenvalue weighted by Gasteiger charge is 2.39. The number of unbranched alkanes of at least 4 members (excludes halogenated alkanes) is 13. The second kappa shape index (κ2) is 36.7. The highest BCUT2D eigenvalue weighted by atomic mass is 31.2. The molecule has 6 N–H and O–H groups in total. The Kier molecular flexibility index (Phi) is 34.3. The molecule has 1 unspecified atom stereocenters. The van der Waals surface area contributed by atoms with E-state index in [2.05, 4.69) is 47.2 Å². The summed E-state index contributed by atoms with van der Waals surface area (Å²) in [7, 11) is -9.79. The fourth-order valence-electron chi connectivity index (χ4n) is 6.89. The average molecular weight is 951 g/mol. The normalized spacial score (nSPS) is 19.6. The van der Waals surface area contributed by atoms with Gasteiger partial charge in [0, 0.05) is 31.1 Å². The fraction of sp³-hybridized carbons (Fsp3) is 0.761. The quantitative estimate of drug-likeness (QED) is 0.0145. The molecule has 1 fully saturated rings. The van der Waals surface area contributed by atoms with Crippen LogP contribution in [0.5, 0.6) is 0 Å². The van der Waals surface area contributed by atoms with Crippen LogP contribution in [-0.4, -0.2) is 98.6 Å². The zero-order chi connectivity index (χ0) is 47.5. The molecule has 1 aliphatic carbocycles. The van der Waals surface area contributed by atoms with Gasteiger partial charge in [0.25, 0.3) is 0 Å². The number of carbonyl (C=O) groups is 3. The van der Waals surface area contributed by atoms with Gasteiger partial charge in [-0.15, -0.1) is 0 Å². The van der Waals surface area contributed by atoms with Crippen LogP contribution in [0, 0.1) is 11.8 Å². The van der Waals surface area contributed by atoms with Gasteiger partial charge in [0.1, 0.15) is 18.5 Å². The van der Waals surface area contributed by atoms with Gasteiger partial charge in [-0.2, -0.15) is 0 Å². The maximum Gasteiger partial charge on any atom is 0.472 e. The number of aliphatic hydroxyl groups excluding tert-OH is 3. The standard InChI is InChI=1S/C46H80O16P2/c1-3-5-7-8-9-10-11-12-13-14-15-16-17-18-19-20-25-29-45(51)58-36-40(37-61-64(56,57)60-35-39(48)34-59-63(53,54)55)62-46(52)30-26-22-21-24-28-41-42(44(50)33-43(41)49)32-31-38(47)27-23-6-4-2/h9-10,12-13,21,24,31-32,38-43,47-49H,3-8,11,14-20,22-23,25-30,33-37H2,1-2H3,(H,56,57)(H2,53,54,55)/b10-9-,13-12-,24-21-,32-31+/t38-,39-,40+,41+,42+,43-/m0/s1. The zero-order valence-electron chi connectivity index (χ0n) is 38.3. The van der Waals surface area contributed by atoms with Crippen molar-refractivity contribution < 1.29 is 76.6 Å². The van der Waals surface area contributed by atoms with Crippen molar-refractivity contribution in [3.8, 4) is 0 Å². The Labute approximate surface area is 381 Å². The van der Waals surface area contributed by atoms with Crippen LogP contribution in [0.25, 0.3) is 0 Å². The number of hydrogen-bond donors (Lipinski definition) is 6. The van der Waals surface area contributed by atoms with Gasteiger partial charge in [0.2, 0.25) is 0 Å². The van der Waals surface area contributed by atoms with E-state index < -0.39 is 84.3 Å². The van der Waals surface area contributed by atoms with Crippen LogP contribution < -0.4 is 0 Å². The zero-order valence-corrected chi connectivity index (χ0v) is 40.1. The van der Waals surface area contributed by atoms with Gasteiger partial charge < -0.3 is 39.5 Å². The summed E-state index contributed by atoms with van der Waals surface area (Å²) in [5.41, 5.74) is 0. The molecule has 0 spiro atoms. The minimum atomic E-state index is -4.90. The van der Waals surface area contributed by atoms with Gasteiger partial charge in [-0.3, -0.25) is 28.0 Å². The summed E-state index contributed by atoms with van der Waals surface area (Å²) >= 11 is 0. The number of allylic oxidation sites excluding steroid dienone is 7. The molecule has 1 saturated carbocycles. The lowest BCUT2D eigenvalue weighted by Gasteiger charge is -2.20. The molecule has 0 radical (unpaired) electrons. The number of rotatable bonds is 40. The predicted octanol–water partition coefficient (Wildman–Crippen LogP) is 8.82. The molecule has 1 aliphatic rings. The molecule has 0 aromatic rings. The van der Waals surface area contributed by atoms with Crippen molar-refractivity contribution in [3.63, 3.8) is 0 Å².